The van der Waals surface area contributed by atoms with Crippen LogP contribution in [0.4, 0.5) is 5.82 Å². The molecule has 1 unspecified atom stereocenters. The van der Waals surface area contributed by atoms with Crippen molar-refractivity contribution in [3.63, 3.8) is 0 Å². The van der Waals surface area contributed by atoms with Gasteiger partial charge in [-0.3, -0.25) is 4.90 Å². The lowest BCUT2D eigenvalue weighted by atomic mass is 10.1. The molecule has 1 aromatic carbocycles. The molecule has 4 nitrogen and oxygen atoms in total. The summed E-state index contributed by atoms with van der Waals surface area (Å²) in [6.07, 6.45) is 1.73. The number of hydrogen-bond donors (Lipinski definition) is 1. The first-order chi connectivity index (χ1) is 10.6. The van der Waals surface area contributed by atoms with Crippen LogP contribution in [0.2, 0.25) is 0 Å². The number of pyridine rings is 1. The number of aromatic nitrogens is 1. The van der Waals surface area contributed by atoms with Gasteiger partial charge in [0.15, 0.2) is 0 Å². The van der Waals surface area contributed by atoms with Gasteiger partial charge in [-0.25, -0.2) is 4.98 Å². The minimum Gasteiger partial charge on any atom is -0.383 e. The fourth-order valence-corrected chi connectivity index (χ4v) is 2.52. The third-order valence-corrected chi connectivity index (χ3v) is 3.97. The quantitative estimate of drug-likeness (QED) is 0.854. The molecular weight excluding hydrogens is 274 g/mol. The van der Waals surface area contributed by atoms with Gasteiger partial charge in [0, 0.05) is 38.0 Å². The van der Waals surface area contributed by atoms with Crippen molar-refractivity contribution in [2.75, 3.05) is 19.5 Å². The lowest BCUT2D eigenvalue weighted by Gasteiger charge is -2.29. The third-order valence-electron chi connectivity index (χ3n) is 3.97. The molecule has 22 heavy (non-hydrogen) atoms. The van der Waals surface area contributed by atoms with Crippen LogP contribution in [0.1, 0.15) is 23.6 Å². The molecule has 0 radical (unpaired) electrons. The van der Waals surface area contributed by atoms with Crippen LogP contribution in [0.3, 0.4) is 0 Å². The number of methoxy groups -OCH3 is 1. The number of rotatable bonds is 7. The lowest BCUT2D eigenvalue weighted by molar-refractivity contribution is 0.0894. The molecule has 2 N–H and O–H groups in total. The van der Waals surface area contributed by atoms with Crippen molar-refractivity contribution >= 4 is 5.82 Å². The maximum Gasteiger partial charge on any atom is 0.127 e. The Kier molecular flexibility index (Phi) is 5.92. The normalized spacial score (nSPS) is 12.5. The van der Waals surface area contributed by atoms with Crippen molar-refractivity contribution < 1.29 is 4.74 Å². The van der Waals surface area contributed by atoms with Gasteiger partial charge in [-0.15, -0.1) is 0 Å². The summed E-state index contributed by atoms with van der Waals surface area (Å²) in [5.41, 5.74) is 9.68. The summed E-state index contributed by atoms with van der Waals surface area (Å²) in [4.78, 5) is 6.56. The van der Waals surface area contributed by atoms with Crippen molar-refractivity contribution in [2.24, 2.45) is 0 Å². The van der Waals surface area contributed by atoms with E-state index in [0.29, 0.717) is 18.5 Å². The Bertz CT molecular complexity index is 553. The summed E-state index contributed by atoms with van der Waals surface area (Å²) in [5.74, 6) is 0.599. The Balaban J connectivity index is 2.19. The van der Waals surface area contributed by atoms with E-state index in [1.165, 1.54) is 11.1 Å². The Morgan fingerprint density at radius 2 is 1.82 bits per heavy atom. The molecule has 2 rings (SSSR count). The largest absolute Gasteiger partial charge is 0.383 e. The van der Waals surface area contributed by atoms with Gasteiger partial charge in [-0.05, 0) is 31.0 Å². The van der Waals surface area contributed by atoms with Gasteiger partial charge >= 0.3 is 0 Å². The fraction of sp³-hybridized carbons (Fsp3) is 0.389. The van der Waals surface area contributed by atoms with E-state index >= 15 is 0 Å². The molecule has 0 spiro atoms. The zero-order valence-corrected chi connectivity index (χ0v) is 13.6. The van der Waals surface area contributed by atoms with Gasteiger partial charge in [0.25, 0.3) is 0 Å². The summed E-state index contributed by atoms with van der Waals surface area (Å²) < 4.78 is 5.33. The Hall–Kier alpha value is -1.91. The number of nitrogens with two attached hydrogens (primary N) is 1. The molecule has 1 heterocycles. The first-order valence-corrected chi connectivity index (χ1v) is 7.58. The molecule has 4 heteroatoms. The van der Waals surface area contributed by atoms with E-state index in [9.17, 15) is 0 Å². The van der Waals surface area contributed by atoms with E-state index in [1.807, 2.05) is 12.1 Å². The van der Waals surface area contributed by atoms with Gasteiger partial charge in [0.05, 0.1) is 6.61 Å². The van der Waals surface area contributed by atoms with E-state index in [4.69, 9.17) is 10.5 Å². The van der Waals surface area contributed by atoms with E-state index in [2.05, 4.69) is 48.0 Å². The summed E-state index contributed by atoms with van der Waals surface area (Å²) in [5, 5.41) is 0. The molecule has 2 aromatic rings. The summed E-state index contributed by atoms with van der Waals surface area (Å²) >= 11 is 0. The molecule has 0 bridgehead atoms. The van der Waals surface area contributed by atoms with E-state index in [-0.39, 0.29) is 0 Å². The monoisotopic (exact) mass is 299 g/mol. The number of hydrogen-bond acceptors (Lipinski definition) is 4. The Morgan fingerprint density at radius 3 is 2.50 bits per heavy atom. The average molecular weight is 299 g/mol. The highest BCUT2D eigenvalue weighted by molar-refractivity contribution is 5.38. The van der Waals surface area contributed by atoms with Gasteiger partial charge in [-0.2, -0.15) is 0 Å². The second-order valence-electron chi connectivity index (χ2n) is 5.68. The molecular formula is C18H25N3O. The second kappa shape index (κ2) is 7.92. The number of nitrogens with zero attached hydrogens (tertiary/aromatic N) is 2. The predicted molar refractivity (Wildman–Crippen MR) is 90.4 cm³/mol. The average Bonchev–Trinajstić information content (AvgIpc) is 2.51. The lowest BCUT2D eigenvalue weighted by Crippen LogP contribution is -2.35. The Labute approximate surface area is 132 Å². The van der Waals surface area contributed by atoms with Crippen molar-refractivity contribution in [3.8, 4) is 0 Å². The maximum atomic E-state index is 6.00. The molecule has 1 atom stereocenters. The smallest absolute Gasteiger partial charge is 0.127 e. The highest BCUT2D eigenvalue weighted by Gasteiger charge is 2.17. The zero-order valence-electron chi connectivity index (χ0n) is 13.6. The van der Waals surface area contributed by atoms with E-state index < -0.39 is 0 Å². The second-order valence-corrected chi connectivity index (χ2v) is 5.68. The summed E-state index contributed by atoms with van der Waals surface area (Å²) in [6, 6.07) is 12.7. The predicted octanol–water partition coefficient (Wildman–Crippen LogP) is 3.01. The highest BCUT2D eigenvalue weighted by atomic mass is 16.5. The minimum absolute atomic E-state index is 0.296. The SMILES string of the molecule is COCC(C)N(Cc1ccccc1C)Cc1cccnc1N. The van der Waals surface area contributed by atoms with Crippen LogP contribution in [-0.4, -0.2) is 29.6 Å². The molecule has 0 amide bonds. The van der Waals surface area contributed by atoms with Crippen LogP contribution in [0, 0.1) is 6.92 Å². The molecule has 0 aliphatic heterocycles. The van der Waals surface area contributed by atoms with Crippen molar-refractivity contribution in [1.82, 2.24) is 9.88 Å². The van der Waals surface area contributed by atoms with Crippen molar-refractivity contribution in [2.45, 2.75) is 33.0 Å². The number of nitrogen functional groups attached to an aromatic ring is 1. The Morgan fingerprint density at radius 1 is 1.14 bits per heavy atom. The van der Waals surface area contributed by atoms with Gasteiger partial charge in [-0.1, -0.05) is 30.3 Å². The standard InChI is InChI=1S/C18H25N3O/c1-14-7-4-5-8-16(14)11-21(15(2)13-22-3)12-17-9-6-10-20-18(17)19/h4-10,15H,11-13H2,1-3H3,(H2,19,20). The van der Waals surface area contributed by atoms with Gasteiger partial charge in [0.1, 0.15) is 5.82 Å². The van der Waals surface area contributed by atoms with Crippen LogP contribution in [0.25, 0.3) is 0 Å². The van der Waals surface area contributed by atoms with Gasteiger partial charge in [0.2, 0.25) is 0 Å². The molecule has 0 saturated heterocycles. The molecule has 0 saturated carbocycles. The van der Waals surface area contributed by atoms with Crippen LogP contribution >= 0.6 is 0 Å². The van der Waals surface area contributed by atoms with Gasteiger partial charge < -0.3 is 10.5 Å². The highest BCUT2D eigenvalue weighted by Crippen LogP contribution is 2.18. The molecule has 1 aromatic heterocycles. The number of benzene rings is 1. The summed E-state index contributed by atoms with van der Waals surface area (Å²) in [7, 11) is 1.74. The maximum absolute atomic E-state index is 6.00. The fourth-order valence-electron chi connectivity index (χ4n) is 2.52. The van der Waals surface area contributed by atoms with Crippen LogP contribution in [0.15, 0.2) is 42.6 Å². The van der Waals surface area contributed by atoms with Crippen molar-refractivity contribution in [3.05, 3.63) is 59.3 Å². The van der Waals surface area contributed by atoms with Crippen molar-refractivity contribution in [1.29, 1.82) is 0 Å². The van der Waals surface area contributed by atoms with Crippen LogP contribution in [-0.2, 0) is 17.8 Å². The molecule has 0 fully saturated rings. The number of anilines is 1. The molecule has 118 valence electrons. The summed E-state index contributed by atoms with van der Waals surface area (Å²) in [6.45, 7) is 6.64. The minimum atomic E-state index is 0.296. The van der Waals surface area contributed by atoms with E-state index in [0.717, 1.165) is 18.7 Å². The number of ether oxygens (including phenoxy) is 1. The first kappa shape index (κ1) is 16.5. The first-order valence-electron chi connectivity index (χ1n) is 7.58. The van der Waals surface area contributed by atoms with Crippen LogP contribution < -0.4 is 5.73 Å². The third kappa shape index (κ3) is 4.29. The molecule has 0 aliphatic rings. The topological polar surface area (TPSA) is 51.4 Å². The van der Waals surface area contributed by atoms with E-state index in [1.54, 1.807) is 13.3 Å². The molecule has 0 aliphatic carbocycles. The zero-order chi connectivity index (χ0) is 15.9. The number of aryl methyl sites for hydroxylation is 1. The van der Waals surface area contributed by atoms with Crippen LogP contribution in [0.5, 0.6) is 0 Å².